The van der Waals surface area contributed by atoms with Crippen molar-refractivity contribution in [2.24, 2.45) is 0 Å². The number of benzene rings is 3. The lowest BCUT2D eigenvalue weighted by Gasteiger charge is -2.28. The van der Waals surface area contributed by atoms with Crippen molar-refractivity contribution < 1.29 is 19.1 Å². The number of halogens is 1. The molecule has 0 saturated carbocycles. The van der Waals surface area contributed by atoms with E-state index < -0.39 is 11.9 Å². The van der Waals surface area contributed by atoms with Crippen LogP contribution in [0.5, 0.6) is 5.75 Å². The molecule has 1 atom stereocenters. The average molecular weight is 477 g/mol. The second kappa shape index (κ2) is 10.1. The molecular formula is C27H25ClN2O4. The summed E-state index contributed by atoms with van der Waals surface area (Å²) < 4.78 is 5.17. The van der Waals surface area contributed by atoms with E-state index in [0.29, 0.717) is 28.4 Å². The molecule has 1 saturated heterocycles. The van der Waals surface area contributed by atoms with Gasteiger partial charge in [0.15, 0.2) is 0 Å². The minimum atomic E-state index is -0.888. The summed E-state index contributed by atoms with van der Waals surface area (Å²) in [6, 6.07) is 20.5. The Bertz CT molecular complexity index is 1230. The largest absolute Gasteiger partial charge is 0.497 e. The van der Waals surface area contributed by atoms with E-state index in [-0.39, 0.29) is 24.8 Å². The van der Waals surface area contributed by atoms with Crippen LogP contribution in [0.4, 0.5) is 5.69 Å². The molecule has 1 aliphatic heterocycles. The van der Waals surface area contributed by atoms with Crippen LogP contribution in [0.2, 0.25) is 5.02 Å². The summed E-state index contributed by atoms with van der Waals surface area (Å²) in [5.41, 5.74) is 2.72. The molecule has 1 aliphatic rings. The third-order valence-electron chi connectivity index (χ3n) is 6.00. The molecule has 7 heteroatoms. The Morgan fingerprint density at radius 1 is 1.06 bits per heavy atom. The van der Waals surface area contributed by atoms with Gasteiger partial charge in [-0.2, -0.15) is 0 Å². The highest BCUT2D eigenvalue weighted by atomic mass is 35.5. The first-order valence-corrected chi connectivity index (χ1v) is 11.4. The van der Waals surface area contributed by atoms with Gasteiger partial charge >= 0.3 is 0 Å². The summed E-state index contributed by atoms with van der Waals surface area (Å²) in [6.07, 6.45) is 0.427. The van der Waals surface area contributed by atoms with Crippen molar-refractivity contribution in [2.45, 2.75) is 25.8 Å². The zero-order chi connectivity index (χ0) is 24.2. The number of ether oxygens (including phenoxy) is 1. The minimum Gasteiger partial charge on any atom is -0.497 e. The van der Waals surface area contributed by atoms with Crippen LogP contribution < -0.4 is 9.64 Å². The second-order valence-electron chi connectivity index (χ2n) is 8.18. The molecule has 0 bridgehead atoms. The van der Waals surface area contributed by atoms with Crippen molar-refractivity contribution >= 4 is 35.0 Å². The van der Waals surface area contributed by atoms with Gasteiger partial charge in [0.1, 0.15) is 11.8 Å². The topological polar surface area (TPSA) is 66.9 Å². The van der Waals surface area contributed by atoms with Crippen LogP contribution in [0.1, 0.15) is 27.9 Å². The van der Waals surface area contributed by atoms with E-state index in [9.17, 15) is 14.4 Å². The lowest BCUT2D eigenvalue weighted by molar-refractivity contribution is -0.122. The first kappa shape index (κ1) is 23.5. The molecule has 3 amide bonds. The quantitative estimate of drug-likeness (QED) is 0.464. The van der Waals surface area contributed by atoms with E-state index in [4.69, 9.17) is 16.3 Å². The van der Waals surface area contributed by atoms with Crippen LogP contribution in [0.3, 0.4) is 0 Å². The Morgan fingerprint density at radius 2 is 1.79 bits per heavy atom. The van der Waals surface area contributed by atoms with Crippen molar-refractivity contribution in [1.29, 1.82) is 0 Å². The second-order valence-corrected chi connectivity index (χ2v) is 8.62. The smallest absolute Gasteiger partial charge is 0.257 e. The van der Waals surface area contributed by atoms with Crippen LogP contribution in [0.15, 0.2) is 72.8 Å². The molecule has 0 radical (unpaired) electrons. The standard InChI is InChI=1S/C27H25ClN2O4/c1-18-6-3-4-9-23(18)26(32)29(15-14-19-7-5-8-20(28)16-19)24-17-25(31)30(27(24)33)21-10-12-22(34-2)13-11-21/h3-13,16,24H,14-15,17H2,1-2H3. The number of amides is 3. The van der Waals surface area contributed by atoms with Crippen LogP contribution in [0, 0.1) is 6.92 Å². The van der Waals surface area contributed by atoms with Gasteiger partial charge in [-0.1, -0.05) is 41.9 Å². The van der Waals surface area contributed by atoms with Gasteiger partial charge in [-0.15, -0.1) is 0 Å². The van der Waals surface area contributed by atoms with E-state index in [0.717, 1.165) is 16.0 Å². The van der Waals surface area contributed by atoms with Gasteiger partial charge in [-0.25, -0.2) is 4.90 Å². The summed E-state index contributed by atoms with van der Waals surface area (Å²) in [4.78, 5) is 42.7. The molecule has 0 aliphatic carbocycles. The van der Waals surface area contributed by atoms with Gasteiger partial charge in [0.25, 0.3) is 11.8 Å². The molecule has 1 heterocycles. The molecule has 0 N–H and O–H groups in total. The lowest BCUT2D eigenvalue weighted by Crippen LogP contribution is -2.46. The lowest BCUT2D eigenvalue weighted by atomic mass is 10.0. The predicted molar refractivity (Wildman–Crippen MR) is 131 cm³/mol. The third-order valence-corrected chi connectivity index (χ3v) is 6.23. The molecule has 6 nitrogen and oxygen atoms in total. The van der Waals surface area contributed by atoms with E-state index >= 15 is 0 Å². The third kappa shape index (κ3) is 4.82. The van der Waals surface area contributed by atoms with Crippen LogP contribution in [-0.2, 0) is 16.0 Å². The number of imide groups is 1. The molecule has 1 fully saturated rings. The minimum absolute atomic E-state index is 0.0714. The van der Waals surface area contributed by atoms with E-state index in [1.54, 1.807) is 49.6 Å². The number of nitrogens with zero attached hydrogens (tertiary/aromatic N) is 2. The molecule has 1 unspecified atom stereocenters. The molecule has 34 heavy (non-hydrogen) atoms. The maximum Gasteiger partial charge on any atom is 0.257 e. The Balaban J connectivity index is 1.64. The number of hydrogen-bond acceptors (Lipinski definition) is 4. The van der Waals surface area contributed by atoms with Crippen LogP contribution >= 0.6 is 11.6 Å². The highest BCUT2D eigenvalue weighted by molar-refractivity contribution is 6.30. The predicted octanol–water partition coefficient (Wildman–Crippen LogP) is 4.67. The Hall–Kier alpha value is -3.64. The van der Waals surface area contributed by atoms with Gasteiger partial charge in [-0.05, 0) is 66.9 Å². The van der Waals surface area contributed by atoms with Crippen LogP contribution in [0.25, 0.3) is 0 Å². The fourth-order valence-electron chi connectivity index (χ4n) is 4.17. The normalized spacial score (nSPS) is 15.5. The molecule has 0 spiro atoms. The monoisotopic (exact) mass is 476 g/mol. The Kier molecular flexibility index (Phi) is 6.98. The van der Waals surface area contributed by atoms with Crippen molar-refractivity contribution in [3.05, 3.63) is 94.5 Å². The molecule has 3 aromatic carbocycles. The fraction of sp³-hybridized carbons (Fsp3) is 0.222. The number of rotatable bonds is 7. The molecule has 3 aromatic rings. The molecule has 174 valence electrons. The SMILES string of the molecule is COc1ccc(N2C(=O)CC(N(CCc3cccc(Cl)c3)C(=O)c3ccccc3C)C2=O)cc1. The van der Waals surface area contributed by atoms with Crippen LogP contribution in [-0.4, -0.2) is 42.3 Å². The van der Waals surface area contributed by atoms with E-state index in [1.807, 2.05) is 37.3 Å². The molecule has 4 rings (SSSR count). The van der Waals surface area contributed by atoms with Gasteiger partial charge in [0.05, 0.1) is 19.2 Å². The Labute approximate surface area is 203 Å². The number of carbonyl (C=O) groups is 3. The maximum atomic E-state index is 13.6. The average Bonchev–Trinajstić information content (AvgIpc) is 3.13. The zero-order valence-corrected chi connectivity index (χ0v) is 19.8. The van der Waals surface area contributed by atoms with Crippen molar-refractivity contribution in [3.8, 4) is 5.75 Å². The van der Waals surface area contributed by atoms with Crippen molar-refractivity contribution in [3.63, 3.8) is 0 Å². The molecule has 0 aromatic heterocycles. The number of aryl methyl sites for hydroxylation is 1. The van der Waals surface area contributed by atoms with Gasteiger partial charge < -0.3 is 9.64 Å². The van der Waals surface area contributed by atoms with Gasteiger partial charge in [0, 0.05) is 17.1 Å². The number of methoxy groups -OCH3 is 1. The number of anilines is 1. The van der Waals surface area contributed by atoms with Crippen molar-refractivity contribution in [2.75, 3.05) is 18.6 Å². The summed E-state index contributed by atoms with van der Waals surface area (Å²) in [7, 11) is 1.55. The summed E-state index contributed by atoms with van der Waals surface area (Å²) in [5.74, 6) is -0.408. The highest BCUT2D eigenvalue weighted by Gasteiger charge is 2.44. The first-order valence-electron chi connectivity index (χ1n) is 11.0. The summed E-state index contributed by atoms with van der Waals surface area (Å²) >= 11 is 6.12. The van der Waals surface area contributed by atoms with Gasteiger partial charge in [0.2, 0.25) is 5.91 Å². The number of hydrogen-bond donors (Lipinski definition) is 0. The van der Waals surface area contributed by atoms with E-state index in [1.165, 1.54) is 4.90 Å². The Morgan fingerprint density at radius 3 is 2.47 bits per heavy atom. The fourth-order valence-corrected chi connectivity index (χ4v) is 4.38. The summed E-state index contributed by atoms with van der Waals surface area (Å²) in [6.45, 7) is 2.13. The molecular weight excluding hydrogens is 452 g/mol. The van der Waals surface area contributed by atoms with Crippen molar-refractivity contribution in [1.82, 2.24) is 4.90 Å². The summed E-state index contributed by atoms with van der Waals surface area (Å²) in [5, 5.41) is 0.604. The van der Waals surface area contributed by atoms with Gasteiger partial charge in [-0.3, -0.25) is 14.4 Å². The zero-order valence-electron chi connectivity index (χ0n) is 19.0. The maximum absolute atomic E-state index is 13.6. The number of carbonyl (C=O) groups excluding carboxylic acids is 3. The highest BCUT2D eigenvalue weighted by Crippen LogP contribution is 2.29. The first-order chi connectivity index (χ1) is 16.4. The van der Waals surface area contributed by atoms with E-state index in [2.05, 4.69) is 0 Å².